The monoisotopic (exact) mass is 246 g/mol. The van der Waals surface area contributed by atoms with E-state index in [2.05, 4.69) is 41.4 Å². The minimum atomic E-state index is 0.316. The summed E-state index contributed by atoms with van der Waals surface area (Å²) in [4.78, 5) is 2.49. The summed E-state index contributed by atoms with van der Waals surface area (Å²) in [6.45, 7) is 5.42. The maximum absolute atomic E-state index is 5.63. The Morgan fingerprint density at radius 1 is 1.22 bits per heavy atom. The van der Waals surface area contributed by atoms with Crippen molar-refractivity contribution in [3.8, 4) is 0 Å². The number of hydrogen-bond acceptors (Lipinski definition) is 3. The molecule has 0 amide bonds. The lowest BCUT2D eigenvalue weighted by molar-refractivity contribution is 0.121. The van der Waals surface area contributed by atoms with Crippen molar-refractivity contribution >= 4 is 11.4 Å². The Bertz CT molecular complexity index is 401. The van der Waals surface area contributed by atoms with Crippen molar-refractivity contribution in [1.29, 1.82) is 0 Å². The lowest BCUT2D eigenvalue weighted by atomic mass is 10.1. The molecule has 2 fully saturated rings. The minimum absolute atomic E-state index is 0.316. The quantitative estimate of drug-likeness (QED) is 0.887. The fourth-order valence-corrected chi connectivity index (χ4v) is 2.95. The van der Waals surface area contributed by atoms with Gasteiger partial charge in [-0.25, -0.2) is 0 Å². The van der Waals surface area contributed by atoms with Crippen LogP contribution in [0.2, 0.25) is 0 Å². The molecule has 3 rings (SSSR count). The van der Waals surface area contributed by atoms with Crippen LogP contribution in [0.3, 0.4) is 0 Å². The first-order valence-electron chi connectivity index (χ1n) is 7.07. The zero-order valence-corrected chi connectivity index (χ0v) is 11.1. The highest BCUT2D eigenvalue weighted by atomic mass is 16.5. The molecule has 1 N–H and O–H groups in total. The molecule has 3 heteroatoms. The molecule has 2 heterocycles. The molecule has 2 atom stereocenters. The van der Waals surface area contributed by atoms with E-state index in [1.54, 1.807) is 0 Å². The van der Waals surface area contributed by atoms with Gasteiger partial charge in [-0.2, -0.15) is 0 Å². The first kappa shape index (κ1) is 11.8. The highest BCUT2D eigenvalue weighted by molar-refractivity contribution is 5.70. The summed E-state index contributed by atoms with van der Waals surface area (Å²) in [6, 6.07) is 9.12. The van der Waals surface area contributed by atoms with Crippen molar-refractivity contribution in [1.82, 2.24) is 0 Å². The van der Waals surface area contributed by atoms with Crippen LogP contribution in [-0.2, 0) is 4.74 Å². The van der Waals surface area contributed by atoms with E-state index >= 15 is 0 Å². The van der Waals surface area contributed by atoms with Crippen molar-refractivity contribution in [2.75, 3.05) is 29.9 Å². The smallest absolute Gasteiger partial charge is 0.0748 e. The van der Waals surface area contributed by atoms with E-state index in [1.165, 1.54) is 37.3 Å². The molecule has 0 aliphatic carbocycles. The predicted octanol–water partition coefficient (Wildman–Crippen LogP) is 2.88. The summed E-state index contributed by atoms with van der Waals surface area (Å²) >= 11 is 0. The van der Waals surface area contributed by atoms with Crippen molar-refractivity contribution in [2.24, 2.45) is 0 Å². The molecular formula is C15H22N2O. The van der Waals surface area contributed by atoms with Crippen LogP contribution in [0.25, 0.3) is 0 Å². The molecule has 0 spiro atoms. The van der Waals surface area contributed by atoms with Gasteiger partial charge in [0.2, 0.25) is 0 Å². The highest BCUT2D eigenvalue weighted by Crippen LogP contribution is 2.30. The molecule has 98 valence electrons. The van der Waals surface area contributed by atoms with E-state index in [-0.39, 0.29) is 0 Å². The largest absolute Gasteiger partial charge is 0.378 e. The van der Waals surface area contributed by atoms with E-state index in [4.69, 9.17) is 4.74 Å². The van der Waals surface area contributed by atoms with Crippen molar-refractivity contribution in [2.45, 2.75) is 38.3 Å². The van der Waals surface area contributed by atoms with Crippen LogP contribution in [0.5, 0.6) is 0 Å². The molecule has 0 bridgehead atoms. The third-order valence-electron chi connectivity index (χ3n) is 4.07. The number of benzene rings is 1. The van der Waals surface area contributed by atoms with Gasteiger partial charge in [0.15, 0.2) is 0 Å². The maximum Gasteiger partial charge on any atom is 0.0748 e. The number of hydrogen-bond donors (Lipinski definition) is 1. The second-order valence-corrected chi connectivity index (χ2v) is 5.33. The van der Waals surface area contributed by atoms with Gasteiger partial charge in [-0.05, 0) is 38.3 Å². The third kappa shape index (κ3) is 2.32. The number of nitrogens with zero attached hydrogens (tertiary/aromatic N) is 1. The lowest BCUT2D eigenvalue weighted by Gasteiger charge is -2.25. The number of ether oxygens (including phenoxy) is 1. The zero-order valence-electron chi connectivity index (χ0n) is 11.1. The van der Waals surface area contributed by atoms with E-state index in [0.717, 1.165) is 13.0 Å². The van der Waals surface area contributed by atoms with Crippen LogP contribution in [0.15, 0.2) is 24.3 Å². The Morgan fingerprint density at radius 3 is 2.72 bits per heavy atom. The number of anilines is 2. The first-order valence-corrected chi connectivity index (χ1v) is 7.07. The van der Waals surface area contributed by atoms with Crippen LogP contribution >= 0.6 is 0 Å². The second kappa shape index (κ2) is 5.19. The molecule has 2 unspecified atom stereocenters. The highest BCUT2D eigenvalue weighted by Gasteiger charge is 2.25. The number of rotatable bonds is 3. The predicted molar refractivity (Wildman–Crippen MR) is 75.3 cm³/mol. The summed E-state index contributed by atoms with van der Waals surface area (Å²) < 4.78 is 5.63. The first-order chi connectivity index (χ1) is 8.84. The van der Waals surface area contributed by atoms with E-state index < -0.39 is 0 Å². The van der Waals surface area contributed by atoms with E-state index in [1.807, 2.05) is 0 Å². The van der Waals surface area contributed by atoms with Gasteiger partial charge >= 0.3 is 0 Å². The second-order valence-electron chi connectivity index (χ2n) is 5.33. The molecule has 1 aromatic carbocycles. The van der Waals surface area contributed by atoms with Gasteiger partial charge in [0, 0.05) is 19.7 Å². The third-order valence-corrected chi connectivity index (χ3v) is 4.07. The van der Waals surface area contributed by atoms with Crippen molar-refractivity contribution < 1.29 is 4.74 Å². The van der Waals surface area contributed by atoms with Crippen molar-refractivity contribution in [3.63, 3.8) is 0 Å². The van der Waals surface area contributed by atoms with Gasteiger partial charge in [0.1, 0.15) is 0 Å². The molecule has 1 aromatic rings. The Hall–Kier alpha value is -1.22. The molecule has 2 aliphatic heterocycles. The lowest BCUT2D eigenvalue weighted by Crippen LogP contribution is -2.28. The van der Waals surface area contributed by atoms with Gasteiger partial charge in [0.25, 0.3) is 0 Å². The Morgan fingerprint density at radius 2 is 2.00 bits per heavy atom. The molecule has 18 heavy (non-hydrogen) atoms. The standard InChI is InChI=1S/C15H22N2O/c1-12-13(8-11-18-12)16-14-6-2-3-7-15(14)17-9-4-5-10-17/h2-3,6-7,12-13,16H,4-5,8-11H2,1H3. The van der Waals surface area contributed by atoms with Crippen LogP contribution in [-0.4, -0.2) is 31.8 Å². The number of para-hydroxylation sites is 2. The van der Waals surface area contributed by atoms with Gasteiger partial charge in [-0.3, -0.25) is 0 Å². The van der Waals surface area contributed by atoms with Crippen LogP contribution in [0, 0.1) is 0 Å². The summed E-state index contributed by atoms with van der Waals surface area (Å²) in [5, 5.41) is 3.67. The molecule has 3 nitrogen and oxygen atoms in total. The fraction of sp³-hybridized carbons (Fsp3) is 0.600. The normalized spacial score (nSPS) is 27.7. The van der Waals surface area contributed by atoms with Crippen molar-refractivity contribution in [3.05, 3.63) is 24.3 Å². The molecular weight excluding hydrogens is 224 g/mol. The van der Waals surface area contributed by atoms with Crippen LogP contribution in [0.1, 0.15) is 26.2 Å². The Balaban J connectivity index is 1.78. The van der Waals surface area contributed by atoms with Gasteiger partial charge in [0.05, 0.1) is 23.5 Å². The summed E-state index contributed by atoms with van der Waals surface area (Å²) in [7, 11) is 0. The average molecular weight is 246 g/mol. The molecule has 0 radical (unpaired) electrons. The Labute approximate surface area is 109 Å². The van der Waals surface area contributed by atoms with E-state index in [0.29, 0.717) is 12.1 Å². The average Bonchev–Trinajstić information content (AvgIpc) is 3.03. The molecule has 0 aromatic heterocycles. The molecule has 2 aliphatic rings. The summed E-state index contributed by atoms with van der Waals surface area (Å²) in [6.07, 6.45) is 4.06. The molecule has 2 saturated heterocycles. The summed E-state index contributed by atoms with van der Waals surface area (Å²) in [5.74, 6) is 0. The number of nitrogens with one attached hydrogen (secondary N) is 1. The van der Waals surface area contributed by atoms with E-state index in [9.17, 15) is 0 Å². The van der Waals surface area contributed by atoms with Gasteiger partial charge in [-0.1, -0.05) is 12.1 Å². The van der Waals surface area contributed by atoms with Gasteiger partial charge < -0.3 is 15.0 Å². The van der Waals surface area contributed by atoms with Gasteiger partial charge in [-0.15, -0.1) is 0 Å². The van der Waals surface area contributed by atoms with Crippen LogP contribution in [0.4, 0.5) is 11.4 Å². The topological polar surface area (TPSA) is 24.5 Å². The maximum atomic E-state index is 5.63. The SMILES string of the molecule is CC1OCCC1Nc1ccccc1N1CCCC1. The zero-order chi connectivity index (χ0) is 12.4. The summed E-state index contributed by atoms with van der Waals surface area (Å²) in [5.41, 5.74) is 2.62. The van der Waals surface area contributed by atoms with Crippen LogP contribution < -0.4 is 10.2 Å². The fourth-order valence-electron chi connectivity index (χ4n) is 2.95. The molecule has 0 saturated carbocycles. The Kier molecular flexibility index (Phi) is 3.41. The minimum Gasteiger partial charge on any atom is -0.378 e.